The third-order valence-corrected chi connectivity index (χ3v) is 4.59. The molecular formula is C11H22N2O3S. The van der Waals surface area contributed by atoms with Crippen molar-refractivity contribution in [3.05, 3.63) is 0 Å². The zero-order valence-electron chi connectivity index (χ0n) is 10.8. The fourth-order valence-corrected chi connectivity index (χ4v) is 2.90. The number of rotatable bonds is 4. The number of nitrogens with zero attached hydrogens (tertiary/aromatic N) is 1. The lowest BCUT2D eigenvalue weighted by Crippen LogP contribution is -2.48. The van der Waals surface area contributed by atoms with Crippen molar-refractivity contribution >= 4 is 15.7 Å². The van der Waals surface area contributed by atoms with E-state index in [9.17, 15) is 13.2 Å². The number of amides is 1. The Bertz CT molecular complexity index is 394. The molecule has 1 rings (SSSR count). The van der Waals surface area contributed by atoms with Gasteiger partial charge in [0.25, 0.3) is 0 Å². The van der Waals surface area contributed by atoms with E-state index in [1.807, 2.05) is 6.92 Å². The third-order valence-electron chi connectivity index (χ3n) is 3.66. The molecule has 1 fully saturated rings. The minimum Gasteiger partial charge on any atom is -0.344 e. The van der Waals surface area contributed by atoms with E-state index in [2.05, 4.69) is 0 Å². The highest BCUT2D eigenvalue weighted by Gasteiger charge is 2.44. The van der Waals surface area contributed by atoms with Crippen molar-refractivity contribution in [3.8, 4) is 0 Å². The van der Waals surface area contributed by atoms with Gasteiger partial charge in [-0.1, -0.05) is 6.42 Å². The first-order valence-corrected chi connectivity index (χ1v) is 7.92. The van der Waals surface area contributed by atoms with Gasteiger partial charge in [-0.25, -0.2) is 8.42 Å². The molecule has 2 atom stereocenters. The van der Waals surface area contributed by atoms with E-state index in [1.54, 1.807) is 7.05 Å². The van der Waals surface area contributed by atoms with Crippen LogP contribution < -0.4 is 5.73 Å². The highest BCUT2D eigenvalue weighted by Crippen LogP contribution is 2.38. The van der Waals surface area contributed by atoms with Crippen LogP contribution in [0, 0.1) is 5.41 Å². The largest absolute Gasteiger partial charge is 0.344 e. The highest BCUT2D eigenvalue weighted by molar-refractivity contribution is 7.90. The second-order valence-corrected chi connectivity index (χ2v) is 7.53. The van der Waals surface area contributed by atoms with Crippen LogP contribution in [0.1, 0.15) is 26.2 Å². The van der Waals surface area contributed by atoms with Crippen LogP contribution in [-0.2, 0) is 14.6 Å². The Balaban J connectivity index is 2.64. The van der Waals surface area contributed by atoms with Gasteiger partial charge < -0.3 is 10.6 Å². The first kappa shape index (κ1) is 14.4. The summed E-state index contributed by atoms with van der Waals surface area (Å²) in [5.74, 6) is -0.0354. The second kappa shape index (κ2) is 4.94. The van der Waals surface area contributed by atoms with Crippen molar-refractivity contribution in [2.45, 2.75) is 32.2 Å². The molecule has 0 radical (unpaired) electrons. The van der Waals surface area contributed by atoms with Gasteiger partial charge in [0.05, 0.1) is 11.2 Å². The Morgan fingerprint density at radius 2 is 2.12 bits per heavy atom. The van der Waals surface area contributed by atoms with Crippen molar-refractivity contribution in [2.24, 2.45) is 11.1 Å². The van der Waals surface area contributed by atoms with Crippen LogP contribution >= 0.6 is 0 Å². The van der Waals surface area contributed by atoms with Crippen molar-refractivity contribution in [1.29, 1.82) is 0 Å². The van der Waals surface area contributed by atoms with Gasteiger partial charge in [0.2, 0.25) is 5.91 Å². The van der Waals surface area contributed by atoms with Gasteiger partial charge in [-0.15, -0.1) is 0 Å². The zero-order valence-corrected chi connectivity index (χ0v) is 11.6. The normalized spacial score (nSPS) is 29.3. The Morgan fingerprint density at radius 1 is 1.53 bits per heavy atom. The molecule has 1 aliphatic carbocycles. The van der Waals surface area contributed by atoms with Gasteiger partial charge in [-0.3, -0.25) is 4.79 Å². The van der Waals surface area contributed by atoms with Gasteiger partial charge in [0, 0.05) is 25.9 Å². The number of sulfone groups is 1. The van der Waals surface area contributed by atoms with Gasteiger partial charge in [-0.05, 0) is 19.8 Å². The molecule has 5 nitrogen and oxygen atoms in total. The highest BCUT2D eigenvalue weighted by atomic mass is 32.2. The number of carbonyl (C=O) groups excluding carboxylic acids is 1. The van der Waals surface area contributed by atoms with Gasteiger partial charge in [0.15, 0.2) is 0 Å². The predicted molar refractivity (Wildman–Crippen MR) is 67.3 cm³/mol. The van der Waals surface area contributed by atoms with Crippen LogP contribution in [0.3, 0.4) is 0 Å². The van der Waals surface area contributed by atoms with E-state index < -0.39 is 15.3 Å². The summed E-state index contributed by atoms with van der Waals surface area (Å²) in [7, 11) is -1.39. The van der Waals surface area contributed by atoms with Crippen LogP contribution in [-0.4, -0.2) is 50.9 Å². The molecule has 0 bridgehead atoms. The molecule has 2 unspecified atom stereocenters. The number of hydrogen-bond acceptors (Lipinski definition) is 4. The molecule has 17 heavy (non-hydrogen) atoms. The summed E-state index contributed by atoms with van der Waals surface area (Å²) in [6, 6.07) is -0.115. The zero-order chi connectivity index (χ0) is 13.3. The summed E-state index contributed by atoms with van der Waals surface area (Å²) in [4.78, 5) is 13.7. The maximum absolute atomic E-state index is 12.2. The Hall–Kier alpha value is -0.620. The predicted octanol–water partition coefficient (Wildman–Crippen LogP) is 0.00690. The molecule has 100 valence electrons. The molecule has 1 aliphatic rings. The average Bonchev–Trinajstić information content (AvgIpc) is 2.55. The van der Waals surface area contributed by atoms with Crippen molar-refractivity contribution in [2.75, 3.05) is 25.6 Å². The molecule has 6 heteroatoms. The van der Waals surface area contributed by atoms with E-state index in [0.29, 0.717) is 0 Å². The fraction of sp³-hybridized carbons (Fsp3) is 0.909. The monoisotopic (exact) mass is 262 g/mol. The van der Waals surface area contributed by atoms with Gasteiger partial charge in [-0.2, -0.15) is 0 Å². The minimum atomic E-state index is -3.03. The van der Waals surface area contributed by atoms with Gasteiger partial charge in [0.1, 0.15) is 9.84 Å². The number of hydrogen-bond donors (Lipinski definition) is 1. The molecule has 2 N–H and O–H groups in total. The molecule has 0 aromatic heterocycles. The van der Waals surface area contributed by atoms with E-state index in [0.717, 1.165) is 19.3 Å². The molecule has 0 heterocycles. The lowest BCUT2D eigenvalue weighted by Gasteiger charge is -2.32. The second-order valence-electron chi connectivity index (χ2n) is 5.27. The number of carbonyl (C=O) groups is 1. The van der Waals surface area contributed by atoms with Crippen LogP contribution in [0.2, 0.25) is 0 Å². The Morgan fingerprint density at radius 3 is 2.53 bits per heavy atom. The molecule has 0 saturated heterocycles. The van der Waals surface area contributed by atoms with Crippen LogP contribution in [0.15, 0.2) is 0 Å². The first-order chi connectivity index (χ1) is 7.67. The van der Waals surface area contributed by atoms with E-state index in [-0.39, 0.29) is 24.2 Å². The smallest absolute Gasteiger partial charge is 0.229 e. The van der Waals surface area contributed by atoms with E-state index in [1.165, 1.54) is 11.2 Å². The lowest BCUT2D eigenvalue weighted by atomic mass is 9.83. The summed E-state index contributed by atoms with van der Waals surface area (Å²) in [6.07, 6.45) is 3.79. The van der Waals surface area contributed by atoms with Crippen LogP contribution in [0.5, 0.6) is 0 Å². The SMILES string of the molecule is CN(CCS(C)(=O)=O)C(=O)C1(C)CCCC1N. The Kier molecular flexibility index (Phi) is 4.19. The topological polar surface area (TPSA) is 80.5 Å². The standard InChI is InChI=1S/C11H22N2O3S/c1-11(6-4-5-9(11)12)10(14)13(2)7-8-17(3,15)16/h9H,4-8,12H2,1-3H3. The maximum Gasteiger partial charge on any atom is 0.229 e. The summed E-state index contributed by atoms with van der Waals surface area (Å²) in [5, 5.41) is 0. The maximum atomic E-state index is 12.2. The van der Waals surface area contributed by atoms with Crippen LogP contribution in [0.25, 0.3) is 0 Å². The summed E-state index contributed by atoms with van der Waals surface area (Å²) in [6.45, 7) is 2.12. The summed E-state index contributed by atoms with van der Waals surface area (Å²) in [5.41, 5.74) is 5.45. The van der Waals surface area contributed by atoms with Crippen molar-refractivity contribution in [1.82, 2.24) is 4.90 Å². The quantitative estimate of drug-likeness (QED) is 0.773. The Labute approximate surface area is 103 Å². The van der Waals surface area contributed by atoms with Crippen molar-refractivity contribution in [3.63, 3.8) is 0 Å². The van der Waals surface area contributed by atoms with Gasteiger partial charge >= 0.3 is 0 Å². The molecule has 0 aromatic rings. The molecule has 1 amide bonds. The third kappa shape index (κ3) is 3.42. The van der Waals surface area contributed by atoms with E-state index in [4.69, 9.17) is 5.73 Å². The summed E-state index contributed by atoms with van der Waals surface area (Å²) >= 11 is 0. The lowest BCUT2D eigenvalue weighted by molar-refractivity contribution is -0.139. The number of nitrogens with two attached hydrogens (primary N) is 1. The minimum absolute atomic E-state index is 0.000554. The molecule has 0 aromatic carbocycles. The van der Waals surface area contributed by atoms with E-state index >= 15 is 0 Å². The van der Waals surface area contributed by atoms with Crippen molar-refractivity contribution < 1.29 is 13.2 Å². The molecular weight excluding hydrogens is 240 g/mol. The molecule has 0 aliphatic heterocycles. The van der Waals surface area contributed by atoms with Crippen LogP contribution in [0.4, 0.5) is 0 Å². The molecule has 1 saturated carbocycles. The average molecular weight is 262 g/mol. The summed E-state index contributed by atoms with van der Waals surface area (Å²) < 4.78 is 22.1. The first-order valence-electron chi connectivity index (χ1n) is 5.86. The molecule has 0 spiro atoms. The fourth-order valence-electron chi connectivity index (χ4n) is 2.30.